The second kappa shape index (κ2) is 3.84. The zero-order valence-corrected chi connectivity index (χ0v) is 8.49. The molecule has 1 heterocycles. The highest BCUT2D eigenvalue weighted by atomic mass is 16.5. The topological polar surface area (TPSA) is 12.5 Å². The summed E-state index contributed by atoms with van der Waals surface area (Å²) in [5, 5.41) is 0. The maximum absolute atomic E-state index is 5.65. The molecule has 0 radical (unpaired) electrons. The van der Waals surface area contributed by atoms with Crippen LogP contribution in [0.4, 0.5) is 0 Å². The molecule has 1 aliphatic heterocycles. The lowest BCUT2D eigenvalue weighted by Gasteiger charge is -2.28. The molecular weight excluding hydrogens is 174 g/mol. The van der Waals surface area contributed by atoms with Gasteiger partial charge >= 0.3 is 0 Å². The van der Waals surface area contributed by atoms with E-state index < -0.39 is 0 Å². The van der Waals surface area contributed by atoms with Crippen LogP contribution >= 0.6 is 0 Å². The van der Waals surface area contributed by atoms with Crippen molar-refractivity contribution in [2.24, 2.45) is 0 Å². The number of hydrogen-bond acceptors (Lipinski definition) is 2. The van der Waals surface area contributed by atoms with E-state index in [1.807, 2.05) is 6.08 Å². The Morgan fingerprint density at radius 2 is 2.43 bits per heavy atom. The molecule has 74 valence electrons. The molecule has 0 aromatic heterocycles. The van der Waals surface area contributed by atoms with Crippen LogP contribution < -0.4 is 4.74 Å². The molecule has 1 aliphatic rings. The summed E-state index contributed by atoms with van der Waals surface area (Å²) in [4.78, 5) is 2.21. The van der Waals surface area contributed by atoms with Crippen LogP contribution in [0.2, 0.25) is 0 Å². The Kier molecular flexibility index (Phi) is 2.55. The summed E-state index contributed by atoms with van der Waals surface area (Å²) in [5.41, 5.74) is 2.52. The van der Waals surface area contributed by atoms with Crippen LogP contribution in [0.3, 0.4) is 0 Å². The van der Waals surface area contributed by atoms with Gasteiger partial charge in [0.2, 0.25) is 0 Å². The van der Waals surface area contributed by atoms with E-state index in [0.717, 1.165) is 18.8 Å². The summed E-state index contributed by atoms with van der Waals surface area (Å²) in [5.74, 6) is 1.03. The fourth-order valence-electron chi connectivity index (χ4n) is 1.67. The smallest absolute Gasteiger partial charge is 0.142 e. The molecule has 0 atom stereocenters. The number of ether oxygens (including phenoxy) is 1. The molecule has 0 saturated carbocycles. The van der Waals surface area contributed by atoms with Crippen LogP contribution in [-0.4, -0.2) is 18.2 Å². The molecule has 0 spiro atoms. The molecule has 0 N–H and O–H groups in total. The van der Waals surface area contributed by atoms with Gasteiger partial charge in [-0.1, -0.05) is 18.2 Å². The third-order valence-corrected chi connectivity index (χ3v) is 2.41. The van der Waals surface area contributed by atoms with Crippen molar-refractivity contribution in [2.45, 2.75) is 13.5 Å². The van der Waals surface area contributed by atoms with E-state index in [4.69, 9.17) is 4.74 Å². The first-order valence-corrected chi connectivity index (χ1v) is 4.85. The molecule has 2 heteroatoms. The normalized spacial score (nSPS) is 15.8. The van der Waals surface area contributed by atoms with Crippen molar-refractivity contribution in [1.82, 2.24) is 4.90 Å². The minimum atomic E-state index is 0.669. The van der Waals surface area contributed by atoms with Gasteiger partial charge in [0.05, 0.1) is 0 Å². The molecule has 0 fully saturated rings. The minimum Gasteiger partial charge on any atom is -0.478 e. The Morgan fingerprint density at radius 3 is 3.21 bits per heavy atom. The van der Waals surface area contributed by atoms with Crippen molar-refractivity contribution in [3.63, 3.8) is 0 Å². The number of nitrogens with zero attached hydrogens (tertiary/aromatic N) is 1. The first-order valence-electron chi connectivity index (χ1n) is 4.85. The van der Waals surface area contributed by atoms with Crippen LogP contribution in [-0.2, 0) is 6.54 Å². The van der Waals surface area contributed by atoms with Gasteiger partial charge in [-0.3, -0.25) is 4.90 Å². The number of benzene rings is 1. The average molecular weight is 189 g/mol. The fraction of sp³-hybridized carbons (Fsp3) is 0.333. The van der Waals surface area contributed by atoms with Gasteiger partial charge < -0.3 is 4.74 Å². The van der Waals surface area contributed by atoms with E-state index >= 15 is 0 Å². The molecule has 0 saturated heterocycles. The Morgan fingerprint density at radius 1 is 1.57 bits per heavy atom. The molecular formula is C12H15NO. The first kappa shape index (κ1) is 9.28. The number of aryl methyl sites for hydroxylation is 1. The third-order valence-electron chi connectivity index (χ3n) is 2.41. The van der Waals surface area contributed by atoms with Gasteiger partial charge in [0.25, 0.3) is 0 Å². The van der Waals surface area contributed by atoms with Crippen LogP contribution in [0.5, 0.6) is 5.75 Å². The molecule has 0 aliphatic carbocycles. The Balaban J connectivity index is 2.18. The monoisotopic (exact) mass is 189 g/mol. The summed E-state index contributed by atoms with van der Waals surface area (Å²) in [6.45, 7) is 8.32. The second-order valence-electron chi connectivity index (χ2n) is 3.68. The lowest BCUT2D eigenvalue weighted by molar-refractivity contribution is 0.107. The highest BCUT2D eigenvalue weighted by molar-refractivity contribution is 5.38. The molecule has 2 nitrogen and oxygen atoms in total. The van der Waals surface area contributed by atoms with Crippen LogP contribution in [0.15, 0.2) is 30.9 Å². The lowest BCUT2D eigenvalue weighted by Crippen LogP contribution is -2.31. The van der Waals surface area contributed by atoms with Gasteiger partial charge in [0.1, 0.15) is 12.5 Å². The number of fused-ring (bicyclic) bond motifs is 1. The summed E-state index contributed by atoms with van der Waals surface area (Å²) >= 11 is 0. The zero-order chi connectivity index (χ0) is 9.97. The molecule has 0 amide bonds. The van der Waals surface area contributed by atoms with Gasteiger partial charge in [-0.15, -0.1) is 6.58 Å². The standard InChI is InChI=1S/C12H15NO/c1-3-6-13-8-11-5-4-10(2)7-12(11)14-9-13/h3-5,7H,1,6,8-9H2,2H3. The van der Waals surface area contributed by atoms with E-state index in [1.54, 1.807) is 0 Å². The van der Waals surface area contributed by atoms with Gasteiger partial charge in [-0.2, -0.15) is 0 Å². The van der Waals surface area contributed by atoms with Crippen LogP contribution in [0, 0.1) is 6.92 Å². The number of rotatable bonds is 2. The third kappa shape index (κ3) is 1.80. The van der Waals surface area contributed by atoms with Crippen molar-refractivity contribution >= 4 is 0 Å². The van der Waals surface area contributed by atoms with Crippen LogP contribution in [0.1, 0.15) is 11.1 Å². The van der Waals surface area contributed by atoms with E-state index in [1.165, 1.54) is 11.1 Å². The van der Waals surface area contributed by atoms with Crippen molar-refractivity contribution in [3.05, 3.63) is 42.0 Å². The molecule has 0 unspecified atom stereocenters. The summed E-state index contributed by atoms with van der Waals surface area (Å²) in [6.07, 6.45) is 1.91. The molecule has 1 aromatic rings. The molecule has 1 aromatic carbocycles. The minimum absolute atomic E-state index is 0.669. The molecule has 14 heavy (non-hydrogen) atoms. The van der Waals surface area contributed by atoms with Crippen molar-refractivity contribution in [3.8, 4) is 5.75 Å². The van der Waals surface area contributed by atoms with Gasteiger partial charge in [0, 0.05) is 18.7 Å². The fourth-order valence-corrected chi connectivity index (χ4v) is 1.67. The highest BCUT2D eigenvalue weighted by Crippen LogP contribution is 2.25. The Bertz CT molecular complexity index is 346. The predicted molar refractivity (Wildman–Crippen MR) is 57.3 cm³/mol. The quantitative estimate of drug-likeness (QED) is 0.662. The van der Waals surface area contributed by atoms with Crippen molar-refractivity contribution < 1.29 is 4.74 Å². The predicted octanol–water partition coefficient (Wildman–Crippen LogP) is 2.33. The first-order chi connectivity index (χ1) is 6.79. The average Bonchev–Trinajstić information content (AvgIpc) is 2.19. The highest BCUT2D eigenvalue weighted by Gasteiger charge is 2.15. The summed E-state index contributed by atoms with van der Waals surface area (Å²) < 4.78 is 5.65. The lowest BCUT2D eigenvalue weighted by atomic mass is 10.1. The maximum Gasteiger partial charge on any atom is 0.142 e. The van der Waals surface area contributed by atoms with Gasteiger partial charge in [-0.05, 0) is 18.6 Å². The Hall–Kier alpha value is -1.28. The summed E-state index contributed by atoms with van der Waals surface area (Å²) in [7, 11) is 0. The number of hydrogen-bond donors (Lipinski definition) is 0. The van der Waals surface area contributed by atoms with Crippen molar-refractivity contribution in [2.75, 3.05) is 13.3 Å². The van der Waals surface area contributed by atoms with Gasteiger partial charge in [0.15, 0.2) is 0 Å². The maximum atomic E-state index is 5.65. The van der Waals surface area contributed by atoms with E-state index in [2.05, 4.69) is 36.6 Å². The Labute approximate surface area is 84.8 Å². The summed E-state index contributed by atoms with van der Waals surface area (Å²) in [6, 6.07) is 6.36. The van der Waals surface area contributed by atoms with Gasteiger partial charge in [-0.25, -0.2) is 0 Å². The van der Waals surface area contributed by atoms with E-state index in [-0.39, 0.29) is 0 Å². The molecule has 0 bridgehead atoms. The second-order valence-corrected chi connectivity index (χ2v) is 3.68. The van der Waals surface area contributed by atoms with Crippen molar-refractivity contribution in [1.29, 1.82) is 0 Å². The van der Waals surface area contributed by atoms with E-state index in [0.29, 0.717) is 6.73 Å². The molecule has 2 rings (SSSR count). The van der Waals surface area contributed by atoms with Crippen LogP contribution in [0.25, 0.3) is 0 Å². The SMILES string of the molecule is C=CCN1COc2cc(C)ccc2C1. The largest absolute Gasteiger partial charge is 0.478 e. The zero-order valence-electron chi connectivity index (χ0n) is 8.49. The van der Waals surface area contributed by atoms with E-state index in [9.17, 15) is 0 Å².